The van der Waals surface area contributed by atoms with Crippen molar-refractivity contribution in [1.29, 1.82) is 0 Å². The van der Waals surface area contributed by atoms with Gasteiger partial charge < -0.3 is 4.74 Å². The molecule has 8 nitrogen and oxygen atoms in total. The molecule has 0 bridgehead atoms. The van der Waals surface area contributed by atoms with E-state index < -0.39 is 0 Å². The van der Waals surface area contributed by atoms with Crippen molar-refractivity contribution in [3.63, 3.8) is 0 Å². The van der Waals surface area contributed by atoms with Crippen LogP contribution in [0.25, 0.3) is 0 Å². The van der Waals surface area contributed by atoms with Gasteiger partial charge in [-0.3, -0.25) is 9.36 Å². The largest absolute Gasteiger partial charge is 0.497 e. The SMILES string of the molecule is CCCn1c(SCC(=O)N2N=C(c3ccccc3)C[C@@H]2c2ccc(OC)cc2)n[nH]c1=O. The Hall–Kier alpha value is -3.33. The minimum absolute atomic E-state index is 0.131. The second-order valence-corrected chi connectivity index (χ2v) is 8.34. The Balaban J connectivity index is 1.57. The molecule has 1 amide bonds. The van der Waals surface area contributed by atoms with Crippen molar-refractivity contribution in [2.45, 2.75) is 37.5 Å². The fourth-order valence-corrected chi connectivity index (χ4v) is 4.48. The predicted molar refractivity (Wildman–Crippen MR) is 124 cm³/mol. The van der Waals surface area contributed by atoms with Crippen molar-refractivity contribution < 1.29 is 9.53 Å². The van der Waals surface area contributed by atoms with Crippen LogP contribution in [0.15, 0.2) is 69.6 Å². The smallest absolute Gasteiger partial charge is 0.343 e. The molecule has 0 saturated carbocycles. The Kier molecular flexibility index (Phi) is 6.75. The van der Waals surface area contributed by atoms with E-state index in [2.05, 4.69) is 10.2 Å². The first-order valence-corrected chi connectivity index (χ1v) is 11.5. The van der Waals surface area contributed by atoms with Crippen LogP contribution in [0.5, 0.6) is 5.75 Å². The maximum atomic E-state index is 13.2. The summed E-state index contributed by atoms with van der Waals surface area (Å²) in [5.74, 6) is 0.753. The molecule has 0 spiro atoms. The summed E-state index contributed by atoms with van der Waals surface area (Å²) in [7, 11) is 1.63. The first kappa shape index (κ1) is 21.9. The fourth-order valence-electron chi connectivity index (χ4n) is 3.66. The summed E-state index contributed by atoms with van der Waals surface area (Å²) >= 11 is 1.24. The fraction of sp³-hybridized carbons (Fsp3) is 0.304. The van der Waals surface area contributed by atoms with Crippen molar-refractivity contribution in [2.75, 3.05) is 12.9 Å². The van der Waals surface area contributed by atoms with Crippen molar-refractivity contribution in [3.05, 3.63) is 76.2 Å². The van der Waals surface area contributed by atoms with Crippen LogP contribution in [0.4, 0.5) is 0 Å². The normalized spacial score (nSPS) is 15.6. The van der Waals surface area contributed by atoms with Gasteiger partial charge in [0.25, 0.3) is 5.91 Å². The molecule has 3 aromatic rings. The highest BCUT2D eigenvalue weighted by atomic mass is 32.2. The highest BCUT2D eigenvalue weighted by molar-refractivity contribution is 7.99. The van der Waals surface area contributed by atoms with Crippen LogP contribution in [0.2, 0.25) is 0 Å². The number of hydrazone groups is 1. The van der Waals surface area contributed by atoms with Gasteiger partial charge in [0.2, 0.25) is 0 Å². The van der Waals surface area contributed by atoms with E-state index in [-0.39, 0.29) is 23.4 Å². The molecule has 9 heteroatoms. The lowest BCUT2D eigenvalue weighted by atomic mass is 9.98. The van der Waals surface area contributed by atoms with Gasteiger partial charge in [0.15, 0.2) is 5.16 Å². The van der Waals surface area contributed by atoms with Gasteiger partial charge in [0, 0.05) is 13.0 Å². The number of nitrogens with one attached hydrogen (secondary N) is 1. The van der Waals surface area contributed by atoms with Gasteiger partial charge in [-0.1, -0.05) is 61.2 Å². The number of amides is 1. The van der Waals surface area contributed by atoms with Gasteiger partial charge >= 0.3 is 5.69 Å². The summed E-state index contributed by atoms with van der Waals surface area (Å²) in [5, 5.41) is 13.3. The monoisotopic (exact) mass is 451 g/mol. The minimum atomic E-state index is -0.261. The highest BCUT2D eigenvalue weighted by Gasteiger charge is 2.33. The Morgan fingerprint density at radius 1 is 1.19 bits per heavy atom. The van der Waals surface area contributed by atoms with E-state index in [4.69, 9.17) is 9.84 Å². The number of aromatic nitrogens is 3. The molecular weight excluding hydrogens is 426 g/mol. The molecule has 1 aliphatic heterocycles. The number of ether oxygens (including phenoxy) is 1. The number of hydrogen-bond donors (Lipinski definition) is 1. The van der Waals surface area contributed by atoms with E-state index in [1.165, 1.54) is 11.8 Å². The van der Waals surface area contributed by atoms with Gasteiger partial charge in [0.05, 0.1) is 24.6 Å². The summed E-state index contributed by atoms with van der Waals surface area (Å²) in [6, 6.07) is 17.4. The molecule has 0 fully saturated rings. The van der Waals surface area contributed by atoms with Gasteiger partial charge in [-0.2, -0.15) is 5.10 Å². The first-order valence-electron chi connectivity index (χ1n) is 10.5. The average molecular weight is 452 g/mol. The zero-order chi connectivity index (χ0) is 22.5. The summed E-state index contributed by atoms with van der Waals surface area (Å²) in [4.78, 5) is 25.2. The van der Waals surface area contributed by atoms with Crippen molar-refractivity contribution >= 4 is 23.4 Å². The van der Waals surface area contributed by atoms with E-state index in [1.54, 1.807) is 16.7 Å². The van der Waals surface area contributed by atoms with Crippen LogP contribution in [-0.4, -0.2) is 44.3 Å². The lowest BCUT2D eigenvalue weighted by molar-refractivity contribution is -0.130. The van der Waals surface area contributed by atoms with Gasteiger partial charge in [0.1, 0.15) is 5.75 Å². The van der Waals surface area contributed by atoms with Crippen LogP contribution in [-0.2, 0) is 11.3 Å². The zero-order valence-electron chi connectivity index (χ0n) is 18.0. The van der Waals surface area contributed by atoms with Crippen LogP contribution in [0.1, 0.15) is 36.9 Å². The number of thioether (sulfide) groups is 1. The molecule has 0 aliphatic carbocycles. The molecule has 1 aromatic heterocycles. The van der Waals surface area contributed by atoms with E-state index >= 15 is 0 Å². The minimum Gasteiger partial charge on any atom is -0.497 e. The third-order valence-electron chi connectivity index (χ3n) is 5.27. The predicted octanol–water partition coefficient (Wildman–Crippen LogP) is 3.46. The number of nitrogens with zero attached hydrogens (tertiary/aromatic N) is 4. The molecule has 2 aromatic carbocycles. The molecule has 1 atom stereocenters. The standard InChI is InChI=1S/C23H25N5O3S/c1-3-13-27-22(30)24-25-23(27)32-15-21(29)28-20(17-9-11-18(31-2)12-10-17)14-19(26-28)16-7-5-4-6-8-16/h4-12,20H,3,13-15H2,1-2H3,(H,24,30)/t20-/m1/s1. The van der Waals surface area contributed by atoms with Gasteiger partial charge in [-0.05, 0) is 29.7 Å². The van der Waals surface area contributed by atoms with Crippen LogP contribution in [0.3, 0.4) is 0 Å². The second-order valence-electron chi connectivity index (χ2n) is 7.40. The maximum absolute atomic E-state index is 13.2. The van der Waals surface area contributed by atoms with E-state index in [1.807, 2.05) is 61.5 Å². The maximum Gasteiger partial charge on any atom is 0.343 e. The molecule has 4 rings (SSSR count). The molecule has 0 radical (unpaired) electrons. The molecular formula is C23H25N5O3S. The average Bonchev–Trinajstić information content (AvgIpc) is 3.43. The quantitative estimate of drug-likeness (QED) is 0.530. The summed E-state index contributed by atoms with van der Waals surface area (Å²) in [6.07, 6.45) is 1.42. The first-order chi connectivity index (χ1) is 15.6. The lowest BCUT2D eigenvalue weighted by Crippen LogP contribution is -2.28. The summed E-state index contributed by atoms with van der Waals surface area (Å²) in [6.45, 7) is 2.54. The number of carbonyl (C=O) groups is 1. The number of hydrogen-bond acceptors (Lipinski definition) is 6. The van der Waals surface area contributed by atoms with Gasteiger partial charge in [-0.25, -0.2) is 14.9 Å². The second kappa shape index (κ2) is 9.86. The van der Waals surface area contributed by atoms with E-state index in [9.17, 15) is 9.59 Å². The number of aromatic amines is 1. The topological polar surface area (TPSA) is 92.6 Å². The number of carbonyl (C=O) groups excluding carboxylic acids is 1. The molecule has 1 aliphatic rings. The van der Waals surface area contributed by atoms with E-state index in [0.29, 0.717) is 18.1 Å². The summed E-state index contributed by atoms with van der Waals surface area (Å²) in [5.41, 5.74) is 2.59. The van der Waals surface area contributed by atoms with Crippen molar-refractivity contribution in [2.24, 2.45) is 5.10 Å². The Morgan fingerprint density at radius 3 is 2.62 bits per heavy atom. The third kappa shape index (κ3) is 4.62. The molecule has 32 heavy (non-hydrogen) atoms. The molecule has 2 heterocycles. The summed E-state index contributed by atoms with van der Waals surface area (Å²) < 4.78 is 6.82. The molecule has 0 unspecified atom stereocenters. The van der Waals surface area contributed by atoms with Crippen molar-refractivity contribution in [1.82, 2.24) is 19.8 Å². The van der Waals surface area contributed by atoms with Crippen LogP contribution < -0.4 is 10.4 Å². The van der Waals surface area contributed by atoms with Crippen LogP contribution in [0, 0.1) is 0 Å². The number of H-pyrrole nitrogens is 1. The van der Waals surface area contributed by atoms with Gasteiger partial charge in [-0.15, -0.1) is 5.10 Å². The van der Waals surface area contributed by atoms with E-state index in [0.717, 1.165) is 29.0 Å². The Morgan fingerprint density at radius 2 is 1.94 bits per heavy atom. The number of benzene rings is 2. The molecule has 1 N–H and O–H groups in total. The number of methoxy groups -OCH3 is 1. The Labute approximate surface area is 190 Å². The van der Waals surface area contributed by atoms with Crippen LogP contribution >= 0.6 is 11.8 Å². The molecule has 0 saturated heterocycles. The Bertz CT molecular complexity index is 1150. The molecule has 166 valence electrons. The third-order valence-corrected chi connectivity index (χ3v) is 6.23. The highest BCUT2D eigenvalue weighted by Crippen LogP contribution is 2.34. The van der Waals surface area contributed by atoms with Crippen molar-refractivity contribution in [3.8, 4) is 5.75 Å². The lowest BCUT2D eigenvalue weighted by Gasteiger charge is -2.22. The zero-order valence-corrected chi connectivity index (χ0v) is 18.8. The number of rotatable bonds is 8.